The summed E-state index contributed by atoms with van der Waals surface area (Å²) >= 11 is 5.77. The van der Waals surface area contributed by atoms with Gasteiger partial charge in [0, 0.05) is 0 Å². The average Bonchev–Trinajstić information content (AvgIpc) is 2.75. The van der Waals surface area contributed by atoms with Crippen LogP contribution in [0.2, 0.25) is 0 Å². The molecule has 3 nitrogen and oxygen atoms in total. The quantitative estimate of drug-likeness (QED) is 0.595. The van der Waals surface area contributed by atoms with Gasteiger partial charge in [-0.25, -0.2) is 0 Å². The van der Waals surface area contributed by atoms with Gasteiger partial charge in [0.15, 0.2) is 0 Å². The summed E-state index contributed by atoms with van der Waals surface area (Å²) in [5, 5.41) is 7.57. The van der Waals surface area contributed by atoms with Crippen LogP contribution in [0.4, 0.5) is 26.3 Å². The molecule has 20 heavy (non-hydrogen) atoms. The molecule has 2 fully saturated rings. The van der Waals surface area contributed by atoms with Gasteiger partial charge in [0.2, 0.25) is 0 Å². The molecule has 0 aromatic rings. The van der Waals surface area contributed by atoms with E-state index in [0.717, 1.165) is 0 Å². The summed E-state index contributed by atoms with van der Waals surface area (Å²) in [5.74, 6) is -1.79. The molecule has 1 aliphatic heterocycles. The predicted molar refractivity (Wildman–Crippen MR) is 55.1 cm³/mol. The van der Waals surface area contributed by atoms with Crippen LogP contribution >= 0.6 is 11.6 Å². The van der Waals surface area contributed by atoms with Crippen molar-refractivity contribution in [1.29, 1.82) is 0 Å². The first-order chi connectivity index (χ1) is 9.06. The van der Waals surface area contributed by atoms with Gasteiger partial charge in [0.1, 0.15) is 12.1 Å². The van der Waals surface area contributed by atoms with Crippen molar-refractivity contribution >= 4 is 11.6 Å². The number of alkyl halides is 7. The number of nitrogens with two attached hydrogens (primary N) is 1. The average molecular weight is 329 g/mol. The maximum Gasteiger partial charge on any atom is 0.454 e. The van der Waals surface area contributed by atoms with Gasteiger partial charge in [-0.3, -0.25) is 0 Å². The van der Waals surface area contributed by atoms with Gasteiger partial charge in [0.25, 0.3) is 5.54 Å². The second-order valence-electron chi connectivity index (χ2n) is 5.03. The number of hydrogen-bond donors (Lipinski definition) is 2. The van der Waals surface area contributed by atoms with E-state index >= 15 is 0 Å². The minimum Gasteiger partial charge on any atom is -0.394 e. The van der Waals surface area contributed by atoms with Gasteiger partial charge in [-0.1, -0.05) is 0 Å². The topological polar surface area (TPSA) is 46.1 Å². The number of rotatable bonds is 3. The van der Waals surface area contributed by atoms with Crippen LogP contribution in [0.15, 0.2) is 0 Å². The van der Waals surface area contributed by atoms with Crippen molar-refractivity contribution in [2.45, 2.75) is 41.8 Å². The van der Waals surface area contributed by atoms with Crippen molar-refractivity contribution in [3.05, 3.63) is 0 Å². The summed E-state index contributed by atoms with van der Waals surface area (Å²) in [5.41, 5.74) is -3.86. The summed E-state index contributed by atoms with van der Waals surface area (Å²) in [6.45, 7) is -0.499. The Morgan fingerprint density at radius 2 is 1.75 bits per heavy atom. The first-order valence-electron chi connectivity index (χ1n) is 5.92. The molecule has 1 aliphatic carbocycles. The summed E-state index contributed by atoms with van der Waals surface area (Å²) < 4.78 is 83.3. The molecule has 3 N–H and O–H groups in total. The number of piperidine rings is 1. The van der Waals surface area contributed by atoms with E-state index in [0.29, 0.717) is 0 Å². The molecule has 0 amide bonds. The molecule has 0 aromatic carbocycles. The highest BCUT2D eigenvalue weighted by Crippen LogP contribution is 2.54. The Kier molecular flexibility index (Phi) is 3.94. The molecule has 1 saturated heterocycles. The van der Waals surface area contributed by atoms with Crippen molar-refractivity contribution in [2.24, 2.45) is 5.92 Å². The third-order valence-corrected chi connectivity index (χ3v) is 4.66. The summed E-state index contributed by atoms with van der Waals surface area (Å²) in [4.78, 5) is 0. The molecule has 118 valence electrons. The first kappa shape index (κ1) is 16.1. The minimum atomic E-state index is -5.44. The smallest absolute Gasteiger partial charge is 0.394 e. The molecule has 2 aliphatic rings. The van der Waals surface area contributed by atoms with E-state index in [1.807, 2.05) is 0 Å². The van der Waals surface area contributed by atoms with Crippen LogP contribution in [-0.4, -0.2) is 53.7 Å². The maximum absolute atomic E-state index is 13.0. The lowest BCUT2D eigenvalue weighted by Gasteiger charge is -2.39. The highest BCUT2D eigenvalue weighted by molar-refractivity contribution is 6.21. The van der Waals surface area contributed by atoms with E-state index in [1.165, 1.54) is 0 Å². The summed E-state index contributed by atoms with van der Waals surface area (Å²) in [6, 6.07) is -1.13. The molecular formula is C10H13ClF6NO2+. The van der Waals surface area contributed by atoms with Crippen LogP contribution in [0.1, 0.15) is 6.42 Å². The molecule has 10 heteroatoms. The molecule has 0 aromatic heterocycles. The van der Waals surface area contributed by atoms with Crippen molar-refractivity contribution in [3.63, 3.8) is 0 Å². The fourth-order valence-corrected chi connectivity index (χ4v) is 3.76. The molecule has 0 unspecified atom stereocenters. The van der Waals surface area contributed by atoms with Crippen LogP contribution in [0.3, 0.4) is 0 Å². The van der Waals surface area contributed by atoms with E-state index in [1.54, 1.807) is 0 Å². The highest BCUT2D eigenvalue weighted by Gasteiger charge is 2.85. The lowest BCUT2D eigenvalue weighted by Crippen LogP contribution is -3.07. The van der Waals surface area contributed by atoms with Crippen LogP contribution in [0.25, 0.3) is 0 Å². The third kappa shape index (κ3) is 2.10. The van der Waals surface area contributed by atoms with E-state index in [2.05, 4.69) is 0 Å². The Labute approximate surface area is 115 Å². The standard InChI is InChI=1S/C10H12ClF6NO2/c11-6-4-3-5(20-2-1-19)7(6)18-8(4,9(12,13)14)10(15,16)17/h4-7,18-19H,1-3H2/p+1/t4-,5+,6-,7+/m0/s1. The predicted octanol–water partition coefficient (Wildman–Crippen LogP) is 0.800. The Balaban J connectivity index is 2.29. The molecule has 1 heterocycles. The Hall–Kier alpha value is -0.250. The molecule has 2 rings (SSSR count). The Morgan fingerprint density at radius 3 is 2.10 bits per heavy atom. The number of aliphatic hydroxyl groups excluding tert-OH is 1. The van der Waals surface area contributed by atoms with Crippen LogP contribution in [0, 0.1) is 5.92 Å². The van der Waals surface area contributed by atoms with Gasteiger partial charge in [0.05, 0.1) is 24.5 Å². The summed E-state index contributed by atoms with van der Waals surface area (Å²) in [6.07, 6.45) is -12.1. The highest BCUT2D eigenvalue weighted by atomic mass is 35.5. The number of ether oxygens (including phenoxy) is 1. The molecular weight excluding hydrogens is 316 g/mol. The molecule has 4 atom stereocenters. The van der Waals surface area contributed by atoms with Gasteiger partial charge >= 0.3 is 12.4 Å². The van der Waals surface area contributed by atoms with Crippen LogP contribution < -0.4 is 5.32 Å². The van der Waals surface area contributed by atoms with E-state index in [4.69, 9.17) is 21.4 Å². The Bertz CT molecular complexity index is 360. The van der Waals surface area contributed by atoms with Crippen molar-refractivity contribution in [1.82, 2.24) is 0 Å². The van der Waals surface area contributed by atoms with E-state index < -0.39 is 47.8 Å². The van der Waals surface area contributed by atoms with Crippen molar-refractivity contribution in [2.75, 3.05) is 13.2 Å². The van der Waals surface area contributed by atoms with Crippen LogP contribution in [0.5, 0.6) is 0 Å². The SMILES string of the molecule is OCCO[C@@H]1C[C@H]2[C@H](Cl)[C@@H]1[NH2+]C2(C(F)(F)F)C(F)(F)F. The van der Waals surface area contributed by atoms with E-state index in [-0.39, 0.29) is 18.5 Å². The van der Waals surface area contributed by atoms with Gasteiger partial charge in [-0.05, 0) is 6.42 Å². The summed E-state index contributed by atoms with van der Waals surface area (Å²) in [7, 11) is 0. The lowest BCUT2D eigenvalue weighted by atomic mass is 9.82. The second-order valence-corrected chi connectivity index (χ2v) is 5.53. The van der Waals surface area contributed by atoms with Gasteiger partial charge in [-0.2, -0.15) is 26.3 Å². The molecule has 0 radical (unpaired) electrons. The number of hydrogen-bond acceptors (Lipinski definition) is 2. The molecule has 2 bridgehead atoms. The Morgan fingerprint density at radius 1 is 1.20 bits per heavy atom. The lowest BCUT2D eigenvalue weighted by molar-refractivity contribution is -0.800. The van der Waals surface area contributed by atoms with Crippen molar-refractivity contribution < 1.29 is 41.5 Å². The molecule has 1 saturated carbocycles. The number of aliphatic hydroxyl groups is 1. The zero-order valence-corrected chi connectivity index (χ0v) is 10.8. The van der Waals surface area contributed by atoms with Crippen molar-refractivity contribution in [3.8, 4) is 0 Å². The number of fused-ring (bicyclic) bond motifs is 2. The zero-order chi connectivity index (χ0) is 15.3. The van der Waals surface area contributed by atoms with E-state index in [9.17, 15) is 26.3 Å². The minimum absolute atomic E-state index is 0.142. The zero-order valence-electron chi connectivity index (χ0n) is 10.0. The van der Waals surface area contributed by atoms with Gasteiger partial charge < -0.3 is 15.2 Å². The number of quaternary nitrogens is 1. The normalized spacial score (nSPS) is 36.6. The van der Waals surface area contributed by atoms with Gasteiger partial charge in [-0.15, -0.1) is 11.6 Å². The largest absolute Gasteiger partial charge is 0.454 e. The third-order valence-electron chi connectivity index (χ3n) is 4.07. The first-order valence-corrected chi connectivity index (χ1v) is 6.36. The fourth-order valence-electron chi connectivity index (χ4n) is 3.23. The number of halogens is 7. The fraction of sp³-hybridized carbons (Fsp3) is 1.00. The molecule has 0 spiro atoms. The second kappa shape index (κ2) is 4.89. The monoisotopic (exact) mass is 328 g/mol. The maximum atomic E-state index is 13.0. The van der Waals surface area contributed by atoms with Crippen LogP contribution in [-0.2, 0) is 4.74 Å².